The van der Waals surface area contributed by atoms with Crippen molar-refractivity contribution in [3.63, 3.8) is 0 Å². The van der Waals surface area contributed by atoms with Crippen LogP contribution in [-0.2, 0) is 4.79 Å². The lowest BCUT2D eigenvalue weighted by Gasteiger charge is -2.06. The molecule has 0 aliphatic rings. The summed E-state index contributed by atoms with van der Waals surface area (Å²) in [5, 5.41) is 8.64. The minimum atomic E-state index is -1.08. The van der Waals surface area contributed by atoms with Gasteiger partial charge in [-0.3, -0.25) is 4.79 Å². The molecule has 0 bridgehead atoms. The smallest absolute Gasteiger partial charge is 0.257 e. The molecule has 0 radical (unpaired) electrons. The molecule has 0 spiro atoms. The maximum Gasteiger partial charge on any atom is 0.257 e. The van der Waals surface area contributed by atoms with Gasteiger partial charge in [0.1, 0.15) is 0 Å². The van der Waals surface area contributed by atoms with Crippen molar-refractivity contribution in [2.24, 2.45) is 0 Å². The van der Waals surface area contributed by atoms with E-state index in [0.717, 1.165) is 22.9 Å². The molecule has 0 saturated carbocycles. The Kier molecular flexibility index (Phi) is 5.23. The Hall–Kier alpha value is -1.30. The fourth-order valence-corrected chi connectivity index (χ4v) is 2.49. The first-order chi connectivity index (χ1) is 9.60. The number of benzene rings is 1. The number of nitrogens with one attached hydrogen (secondary N) is 2. The molecule has 0 unspecified atom stereocenters. The van der Waals surface area contributed by atoms with Gasteiger partial charge < -0.3 is 10.6 Å². The third-order valence-electron chi connectivity index (χ3n) is 2.46. The van der Waals surface area contributed by atoms with Crippen molar-refractivity contribution in [2.75, 3.05) is 17.2 Å². The van der Waals surface area contributed by atoms with Crippen LogP contribution in [0.1, 0.15) is 6.92 Å². The van der Waals surface area contributed by atoms with Gasteiger partial charge in [-0.2, -0.15) is 0 Å². The SMILES string of the molecule is CCNc1nc(-c2cccc(NC(=O)C(Cl)Cl)c2)cs1. The lowest BCUT2D eigenvalue weighted by Crippen LogP contribution is -2.18. The van der Waals surface area contributed by atoms with Crippen molar-refractivity contribution in [2.45, 2.75) is 11.8 Å². The molecule has 2 aromatic rings. The number of thiazole rings is 1. The first kappa shape index (κ1) is 15.1. The number of halogens is 2. The van der Waals surface area contributed by atoms with E-state index >= 15 is 0 Å². The summed E-state index contributed by atoms with van der Waals surface area (Å²) in [6, 6.07) is 7.38. The van der Waals surface area contributed by atoms with Gasteiger partial charge in [-0.15, -0.1) is 11.3 Å². The van der Waals surface area contributed by atoms with Crippen molar-refractivity contribution in [3.05, 3.63) is 29.6 Å². The van der Waals surface area contributed by atoms with Crippen molar-refractivity contribution in [1.29, 1.82) is 0 Å². The predicted octanol–water partition coefficient (Wildman–Crippen LogP) is 3.98. The molecule has 2 rings (SSSR count). The minimum absolute atomic E-state index is 0.447. The lowest BCUT2D eigenvalue weighted by molar-refractivity contribution is -0.114. The second-order valence-corrected chi connectivity index (χ2v) is 5.89. The van der Waals surface area contributed by atoms with Crippen LogP contribution in [-0.4, -0.2) is 22.3 Å². The molecule has 1 heterocycles. The highest BCUT2D eigenvalue weighted by Gasteiger charge is 2.12. The highest BCUT2D eigenvalue weighted by atomic mass is 35.5. The molecule has 1 aromatic heterocycles. The highest BCUT2D eigenvalue weighted by molar-refractivity contribution is 7.14. The predicted molar refractivity (Wildman–Crippen MR) is 85.8 cm³/mol. The van der Waals surface area contributed by atoms with Gasteiger partial charge in [-0.05, 0) is 19.1 Å². The monoisotopic (exact) mass is 329 g/mol. The van der Waals surface area contributed by atoms with Gasteiger partial charge >= 0.3 is 0 Å². The van der Waals surface area contributed by atoms with Crippen LogP contribution >= 0.6 is 34.5 Å². The zero-order valence-electron chi connectivity index (χ0n) is 10.7. The van der Waals surface area contributed by atoms with E-state index in [-0.39, 0.29) is 0 Å². The van der Waals surface area contributed by atoms with E-state index in [4.69, 9.17) is 23.2 Å². The van der Waals surface area contributed by atoms with Crippen LogP contribution in [0.15, 0.2) is 29.6 Å². The lowest BCUT2D eigenvalue weighted by atomic mass is 10.1. The third kappa shape index (κ3) is 3.85. The number of aromatic nitrogens is 1. The number of carbonyl (C=O) groups excluding carboxylic acids is 1. The molecule has 1 aromatic carbocycles. The number of amides is 1. The second kappa shape index (κ2) is 6.92. The first-order valence-electron chi connectivity index (χ1n) is 5.99. The van der Waals surface area contributed by atoms with Crippen LogP contribution in [0.2, 0.25) is 0 Å². The minimum Gasteiger partial charge on any atom is -0.362 e. The number of rotatable bonds is 5. The van der Waals surface area contributed by atoms with Gasteiger partial charge in [-0.1, -0.05) is 35.3 Å². The van der Waals surface area contributed by atoms with Crippen molar-refractivity contribution >= 4 is 51.3 Å². The Labute approximate surface area is 131 Å². The standard InChI is InChI=1S/C13H13Cl2N3OS/c1-2-16-13-18-10(7-20-13)8-4-3-5-9(6-8)17-12(19)11(14)15/h3-7,11H,2H2,1H3,(H,16,18)(H,17,19). The molecule has 1 amide bonds. The molecule has 106 valence electrons. The number of nitrogens with zero attached hydrogens (tertiary/aromatic N) is 1. The topological polar surface area (TPSA) is 54.0 Å². The molecule has 0 fully saturated rings. The molecule has 7 heteroatoms. The average molecular weight is 330 g/mol. The van der Waals surface area contributed by atoms with Crippen molar-refractivity contribution in [3.8, 4) is 11.3 Å². The molecular weight excluding hydrogens is 317 g/mol. The molecule has 0 saturated heterocycles. The summed E-state index contributed by atoms with van der Waals surface area (Å²) in [5.41, 5.74) is 2.41. The molecule has 0 aliphatic carbocycles. The van der Waals surface area contributed by atoms with E-state index in [1.54, 1.807) is 17.4 Å². The Morgan fingerprint density at radius 2 is 2.25 bits per heavy atom. The summed E-state index contributed by atoms with van der Waals surface area (Å²) in [6.07, 6.45) is 0. The highest BCUT2D eigenvalue weighted by Crippen LogP contribution is 2.26. The molecule has 20 heavy (non-hydrogen) atoms. The molecule has 4 nitrogen and oxygen atoms in total. The number of anilines is 2. The summed E-state index contributed by atoms with van der Waals surface area (Å²) < 4.78 is 0. The van der Waals surface area contributed by atoms with Crippen LogP contribution in [0.25, 0.3) is 11.3 Å². The van der Waals surface area contributed by atoms with Crippen LogP contribution < -0.4 is 10.6 Å². The molecule has 0 aliphatic heterocycles. The van der Waals surface area contributed by atoms with Gasteiger partial charge in [0, 0.05) is 23.2 Å². The first-order valence-corrected chi connectivity index (χ1v) is 7.74. The Bertz CT molecular complexity index is 601. The van der Waals surface area contributed by atoms with E-state index in [1.807, 2.05) is 30.5 Å². The van der Waals surface area contributed by atoms with Gasteiger partial charge in [0.15, 0.2) is 9.97 Å². The Balaban J connectivity index is 2.18. The Morgan fingerprint density at radius 3 is 2.95 bits per heavy atom. The average Bonchev–Trinajstić information content (AvgIpc) is 2.88. The van der Waals surface area contributed by atoms with E-state index in [2.05, 4.69) is 15.6 Å². The number of hydrogen-bond donors (Lipinski definition) is 2. The quantitative estimate of drug-likeness (QED) is 0.815. The van der Waals surface area contributed by atoms with Gasteiger partial charge in [0.25, 0.3) is 5.91 Å². The van der Waals surface area contributed by atoms with E-state index in [1.165, 1.54) is 0 Å². The van der Waals surface area contributed by atoms with Crippen LogP contribution in [0, 0.1) is 0 Å². The summed E-state index contributed by atoms with van der Waals surface area (Å²) in [5.74, 6) is -0.447. The van der Waals surface area contributed by atoms with Crippen molar-refractivity contribution in [1.82, 2.24) is 4.98 Å². The summed E-state index contributed by atoms with van der Waals surface area (Å²) in [4.78, 5) is 14.8. The zero-order chi connectivity index (χ0) is 14.5. The summed E-state index contributed by atoms with van der Waals surface area (Å²) in [7, 11) is 0. The van der Waals surface area contributed by atoms with Gasteiger partial charge in [-0.25, -0.2) is 4.98 Å². The molecule has 0 atom stereocenters. The van der Waals surface area contributed by atoms with Gasteiger partial charge in [0.05, 0.1) is 5.69 Å². The number of carbonyl (C=O) groups is 1. The normalized spacial score (nSPS) is 10.6. The maximum atomic E-state index is 11.5. The van der Waals surface area contributed by atoms with Crippen molar-refractivity contribution < 1.29 is 4.79 Å². The van der Waals surface area contributed by atoms with E-state index in [9.17, 15) is 4.79 Å². The number of hydrogen-bond acceptors (Lipinski definition) is 4. The van der Waals surface area contributed by atoms with Crippen LogP contribution in [0.3, 0.4) is 0 Å². The fourth-order valence-electron chi connectivity index (χ4n) is 1.59. The summed E-state index contributed by atoms with van der Waals surface area (Å²) in [6.45, 7) is 2.85. The fraction of sp³-hybridized carbons (Fsp3) is 0.231. The Morgan fingerprint density at radius 1 is 1.45 bits per heavy atom. The third-order valence-corrected chi connectivity index (χ3v) is 3.65. The van der Waals surface area contributed by atoms with E-state index in [0.29, 0.717) is 5.69 Å². The molecule has 2 N–H and O–H groups in total. The van der Waals surface area contributed by atoms with E-state index < -0.39 is 10.7 Å². The maximum absolute atomic E-state index is 11.5. The van der Waals surface area contributed by atoms with Gasteiger partial charge in [0.2, 0.25) is 0 Å². The molecular formula is C13H13Cl2N3OS. The zero-order valence-corrected chi connectivity index (χ0v) is 13.0. The van der Waals surface area contributed by atoms with Crippen LogP contribution in [0.5, 0.6) is 0 Å². The number of alkyl halides is 2. The largest absolute Gasteiger partial charge is 0.362 e. The summed E-state index contributed by atoms with van der Waals surface area (Å²) >= 11 is 12.6. The van der Waals surface area contributed by atoms with Crippen LogP contribution in [0.4, 0.5) is 10.8 Å². The second-order valence-electron chi connectivity index (χ2n) is 3.94.